The van der Waals surface area contributed by atoms with Crippen LogP contribution in [0.3, 0.4) is 0 Å². The summed E-state index contributed by atoms with van der Waals surface area (Å²) in [7, 11) is 0. The number of hydrogen-bond donors (Lipinski definition) is 2. The largest absolute Gasteiger partial charge is 0.506 e. The maximum atomic E-state index is 9.75. The molecular weight excluding hydrogens is 402 g/mol. The minimum atomic E-state index is -0.233. The van der Waals surface area contributed by atoms with E-state index < -0.39 is 0 Å². The highest BCUT2D eigenvalue weighted by Gasteiger charge is 2.17. The van der Waals surface area contributed by atoms with Gasteiger partial charge in [-0.3, -0.25) is 10.1 Å². The Labute approximate surface area is 178 Å². The lowest BCUT2D eigenvalue weighted by Gasteiger charge is -2.24. The molecule has 0 amide bonds. The monoisotopic (exact) mass is 421 g/mol. The molecule has 6 nitrogen and oxygen atoms in total. The summed E-state index contributed by atoms with van der Waals surface area (Å²) < 4.78 is 11.6. The minimum absolute atomic E-state index is 0.101. The molecule has 152 valence electrons. The molecule has 30 heavy (non-hydrogen) atoms. The molecule has 2 N–H and O–H groups in total. The average Bonchev–Trinajstić information content (AvgIpc) is 3.19. The molecule has 0 aliphatic carbocycles. The SMILES string of the molecule is Oc1cncc(-c2n[nH]c3ccc(-c4ccc(OC5CCCCO5)c(Cl)c4)cc23)c1. The molecule has 2 aromatic heterocycles. The van der Waals surface area contributed by atoms with Crippen LogP contribution in [-0.4, -0.2) is 33.2 Å². The van der Waals surface area contributed by atoms with E-state index in [1.165, 1.54) is 6.20 Å². The molecule has 5 rings (SSSR count). The van der Waals surface area contributed by atoms with E-state index >= 15 is 0 Å². The number of ether oxygens (including phenoxy) is 2. The van der Waals surface area contributed by atoms with Crippen LogP contribution in [0.15, 0.2) is 54.9 Å². The third kappa shape index (κ3) is 3.72. The maximum absolute atomic E-state index is 9.75. The summed E-state index contributed by atoms with van der Waals surface area (Å²) in [6, 6.07) is 13.5. The zero-order valence-electron chi connectivity index (χ0n) is 16.1. The van der Waals surface area contributed by atoms with Crippen LogP contribution in [0, 0.1) is 0 Å². The fraction of sp³-hybridized carbons (Fsp3) is 0.217. The Hall–Kier alpha value is -3.09. The number of aromatic amines is 1. The van der Waals surface area contributed by atoms with E-state index in [4.69, 9.17) is 21.1 Å². The van der Waals surface area contributed by atoms with Gasteiger partial charge in [-0.25, -0.2) is 0 Å². The molecule has 1 unspecified atom stereocenters. The second kappa shape index (κ2) is 7.97. The van der Waals surface area contributed by atoms with E-state index in [0.717, 1.165) is 59.2 Å². The van der Waals surface area contributed by atoms with Crippen LogP contribution in [0.1, 0.15) is 19.3 Å². The number of nitrogens with zero attached hydrogens (tertiary/aromatic N) is 2. The standard InChI is InChI=1S/C23H20ClN3O3/c24-19-11-15(5-7-21(19)30-22-3-1-2-8-29-22)14-4-6-20-18(10-14)23(27-26-20)16-9-17(28)13-25-12-16/h4-7,9-13,22,28H,1-3,8H2,(H,26,27). The average molecular weight is 422 g/mol. The molecule has 4 aromatic rings. The van der Waals surface area contributed by atoms with Crippen molar-refractivity contribution < 1.29 is 14.6 Å². The van der Waals surface area contributed by atoms with Crippen LogP contribution < -0.4 is 4.74 Å². The van der Waals surface area contributed by atoms with Crippen LogP contribution in [0.25, 0.3) is 33.3 Å². The van der Waals surface area contributed by atoms with Crippen molar-refractivity contribution in [2.45, 2.75) is 25.6 Å². The number of hydrogen-bond acceptors (Lipinski definition) is 5. The summed E-state index contributed by atoms with van der Waals surface area (Å²) in [6.07, 6.45) is 5.89. The lowest BCUT2D eigenvalue weighted by Crippen LogP contribution is -2.25. The van der Waals surface area contributed by atoms with Crippen molar-refractivity contribution >= 4 is 22.5 Å². The van der Waals surface area contributed by atoms with E-state index in [0.29, 0.717) is 10.8 Å². The third-order valence-electron chi connectivity index (χ3n) is 5.22. The second-order valence-corrected chi connectivity index (χ2v) is 7.73. The van der Waals surface area contributed by atoms with Crippen molar-refractivity contribution in [2.24, 2.45) is 0 Å². The van der Waals surface area contributed by atoms with Gasteiger partial charge in [-0.2, -0.15) is 5.10 Å². The molecule has 1 aliphatic heterocycles. The Kier molecular flexibility index (Phi) is 5.02. The van der Waals surface area contributed by atoms with Crippen molar-refractivity contribution in [2.75, 3.05) is 6.61 Å². The van der Waals surface area contributed by atoms with Crippen LogP contribution in [-0.2, 0) is 4.74 Å². The Morgan fingerprint density at radius 3 is 2.70 bits per heavy atom. The fourth-order valence-electron chi connectivity index (χ4n) is 3.69. The van der Waals surface area contributed by atoms with Crippen molar-refractivity contribution in [3.63, 3.8) is 0 Å². The molecule has 0 bridgehead atoms. The Balaban J connectivity index is 1.47. The van der Waals surface area contributed by atoms with Crippen molar-refractivity contribution in [3.05, 3.63) is 59.9 Å². The molecule has 2 aromatic carbocycles. The van der Waals surface area contributed by atoms with Crippen LogP contribution in [0.4, 0.5) is 0 Å². The summed E-state index contributed by atoms with van der Waals surface area (Å²) in [5.41, 5.74) is 4.35. The molecule has 1 fully saturated rings. The van der Waals surface area contributed by atoms with Gasteiger partial charge < -0.3 is 14.6 Å². The number of rotatable bonds is 4. The molecule has 1 saturated heterocycles. The van der Waals surface area contributed by atoms with Gasteiger partial charge in [0, 0.05) is 23.6 Å². The number of H-pyrrole nitrogens is 1. The van der Waals surface area contributed by atoms with Gasteiger partial charge in [-0.1, -0.05) is 23.7 Å². The number of halogens is 1. The highest BCUT2D eigenvalue weighted by atomic mass is 35.5. The maximum Gasteiger partial charge on any atom is 0.199 e. The number of aromatic hydroxyl groups is 1. The van der Waals surface area contributed by atoms with Gasteiger partial charge in [0.25, 0.3) is 0 Å². The van der Waals surface area contributed by atoms with Crippen molar-refractivity contribution in [3.8, 4) is 33.9 Å². The van der Waals surface area contributed by atoms with Crippen molar-refractivity contribution in [1.82, 2.24) is 15.2 Å². The molecule has 3 heterocycles. The summed E-state index contributed by atoms with van der Waals surface area (Å²) in [6.45, 7) is 0.724. The van der Waals surface area contributed by atoms with Gasteiger partial charge in [0.2, 0.25) is 0 Å². The highest BCUT2D eigenvalue weighted by Crippen LogP contribution is 2.35. The van der Waals surface area contributed by atoms with E-state index in [1.807, 2.05) is 30.3 Å². The fourth-order valence-corrected chi connectivity index (χ4v) is 3.92. The zero-order valence-corrected chi connectivity index (χ0v) is 16.9. The molecule has 1 atom stereocenters. The number of benzene rings is 2. The van der Waals surface area contributed by atoms with Gasteiger partial charge >= 0.3 is 0 Å². The molecule has 0 spiro atoms. The first-order valence-electron chi connectivity index (χ1n) is 9.88. The van der Waals surface area contributed by atoms with Gasteiger partial charge in [0.1, 0.15) is 17.2 Å². The predicted octanol–water partition coefficient (Wildman–Crippen LogP) is 5.56. The predicted molar refractivity (Wildman–Crippen MR) is 116 cm³/mol. The smallest absolute Gasteiger partial charge is 0.199 e. The van der Waals surface area contributed by atoms with Gasteiger partial charge in [0.15, 0.2) is 6.29 Å². The second-order valence-electron chi connectivity index (χ2n) is 7.32. The highest BCUT2D eigenvalue weighted by molar-refractivity contribution is 6.32. The summed E-state index contributed by atoms with van der Waals surface area (Å²) in [5, 5.41) is 18.7. The Bertz CT molecular complexity index is 1200. The number of nitrogens with one attached hydrogen (secondary N) is 1. The topological polar surface area (TPSA) is 80.3 Å². The summed E-state index contributed by atoms with van der Waals surface area (Å²) in [5.74, 6) is 0.729. The van der Waals surface area contributed by atoms with Crippen LogP contribution in [0.2, 0.25) is 5.02 Å². The van der Waals surface area contributed by atoms with E-state index in [1.54, 1.807) is 12.3 Å². The first-order chi connectivity index (χ1) is 14.7. The van der Waals surface area contributed by atoms with Crippen LogP contribution in [0.5, 0.6) is 11.5 Å². The van der Waals surface area contributed by atoms with Crippen LogP contribution >= 0.6 is 11.6 Å². The van der Waals surface area contributed by atoms with Gasteiger partial charge in [0.05, 0.1) is 23.3 Å². The van der Waals surface area contributed by atoms with E-state index in [9.17, 15) is 5.11 Å². The minimum Gasteiger partial charge on any atom is -0.506 e. The number of pyridine rings is 1. The number of aromatic nitrogens is 3. The number of fused-ring (bicyclic) bond motifs is 1. The third-order valence-corrected chi connectivity index (χ3v) is 5.52. The first-order valence-corrected chi connectivity index (χ1v) is 10.3. The van der Waals surface area contributed by atoms with E-state index in [2.05, 4.69) is 21.2 Å². The zero-order chi connectivity index (χ0) is 20.5. The van der Waals surface area contributed by atoms with Gasteiger partial charge in [-0.05, 0) is 54.3 Å². The quantitative estimate of drug-likeness (QED) is 0.451. The lowest BCUT2D eigenvalue weighted by atomic mass is 10.0. The molecule has 0 saturated carbocycles. The van der Waals surface area contributed by atoms with Crippen molar-refractivity contribution in [1.29, 1.82) is 0 Å². The summed E-state index contributed by atoms with van der Waals surface area (Å²) in [4.78, 5) is 4.05. The summed E-state index contributed by atoms with van der Waals surface area (Å²) >= 11 is 6.51. The first kappa shape index (κ1) is 18.9. The Morgan fingerprint density at radius 1 is 1.03 bits per heavy atom. The molecule has 0 radical (unpaired) electrons. The molecule has 1 aliphatic rings. The van der Waals surface area contributed by atoms with Gasteiger partial charge in [-0.15, -0.1) is 0 Å². The molecule has 7 heteroatoms. The normalized spacial score (nSPS) is 16.6. The molecular formula is C23H20ClN3O3. The lowest BCUT2D eigenvalue weighted by molar-refractivity contribution is -0.105. The van der Waals surface area contributed by atoms with E-state index in [-0.39, 0.29) is 12.0 Å². The Morgan fingerprint density at radius 2 is 1.90 bits per heavy atom.